The molecule has 10 heteroatoms. The van der Waals surface area contributed by atoms with Crippen LogP contribution in [-0.4, -0.2) is 33.6 Å². The summed E-state index contributed by atoms with van der Waals surface area (Å²) in [7, 11) is 1.61. The average Bonchev–Trinajstić information content (AvgIpc) is 3.48. The van der Waals surface area contributed by atoms with E-state index in [4.69, 9.17) is 42.8 Å². The van der Waals surface area contributed by atoms with Crippen molar-refractivity contribution in [3.63, 3.8) is 0 Å². The number of benzene rings is 4. The van der Waals surface area contributed by atoms with Crippen LogP contribution in [0.5, 0.6) is 17.2 Å². The van der Waals surface area contributed by atoms with E-state index in [1.165, 1.54) is 12.1 Å². The first-order valence-corrected chi connectivity index (χ1v) is 16.0. The number of aromatic carboxylic acids is 1. The van der Waals surface area contributed by atoms with E-state index >= 15 is 0 Å². The lowest BCUT2D eigenvalue weighted by atomic mass is 10.0. The summed E-state index contributed by atoms with van der Waals surface area (Å²) in [6.45, 7) is 2.86. The summed E-state index contributed by atoms with van der Waals surface area (Å²) in [6.07, 6.45) is 4.57. The fourth-order valence-electron chi connectivity index (χ4n) is 5.15. The number of carboxylic acids is 1. The molecule has 47 heavy (non-hydrogen) atoms. The van der Waals surface area contributed by atoms with E-state index in [0.717, 1.165) is 47.7 Å². The largest absolute Gasteiger partial charge is 0.497 e. The van der Waals surface area contributed by atoms with Gasteiger partial charge in [-0.3, -0.25) is 4.79 Å². The predicted octanol–water partition coefficient (Wildman–Crippen LogP) is 8.80. The molecular weight excluding hydrogens is 637 g/mol. The number of carbonyl (C=O) groups is 2. The van der Waals surface area contributed by atoms with Gasteiger partial charge in [0.05, 0.1) is 35.9 Å². The van der Waals surface area contributed by atoms with Crippen molar-refractivity contribution in [3.05, 3.63) is 130 Å². The highest BCUT2D eigenvalue weighted by Crippen LogP contribution is 2.32. The van der Waals surface area contributed by atoms with Crippen LogP contribution in [0.1, 0.15) is 53.1 Å². The molecule has 242 valence electrons. The van der Waals surface area contributed by atoms with Gasteiger partial charge in [-0.25, -0.2) is 9.78 Å². The maximum Gasteiger partial charge on any atom is 0.335 e. The SMILES string of the molecule is CCCCn1cc(-c2ccc(Cl)cc2Cl)nc1C(Cc1ccc(Oc2ccc(C(=O)O)cc2)cc1)NC(=O)Cc1ccc(OC)cc1. The van der Waals surface area contributed by atoms with Crippen LogP contribution in [0.2, 0.25) is 10.0 Å². The van der Waals surface area contributed by atoms with Gasteiger partial charge in [0.1, 0.15) is 23.1 Å². The molecule has 0 aliphatic rings. The van der Waals surface area contributed by atoms with Crippen LogP contribution in [0.4, 0.5) is 0 Å². The molecule has 5 aromatic rings. The minimum absolute atomic E-state index is 0.138. The maximum atomic E-state index is 13.5. The third-order valence-corrected chi connectivity index (χ3v) is 8.19. The number of ether oxygens (including phenoxy) is 2. The van der Waals surface area contributed by atoms with E-state index in [0.29, 0.717) is 33.7 Å². The van der Waals surface area contributed by atoms with Gasteiger partial charge in [-0.2, -0.15) is 0 Å². The number of amides is 1. The van der Waals surface area contributed by atoms with E-state index in [-0.39, 0.29) is 17.9 Å². The molecule has 0 saturated carbocycles. The third-order valence-electron chi connectivity index (χ3n) is 7.64. The average molecular weight is 673 g/mol. The molecule has 1 aromatic heterocycles. The summed E-state index contributed by atoms with van der Waals surface area (Å²) in [5.41, 5.74) is 3.47. The minimum Gasteiger partial charge on any atom is -0.497 e. The molecular formula is C37H35Cl2N3O5. The number of nitrogens with one attached hydrogen (secondary N) is 1. The number of halogens is 2. The normalized spacial score (nSPS) is 11.6. The molecule has 1 unspecified atom stereocenters. The van der Waals surface area contributed by atoms with Crippen LogP contribution in [0.25, 0.3) is 11.3 Å². The Morgan fingerprint density at radius 3 is 2.15 bits per heavy atom. The zero-order valence-corrected chi connectivity index (χ0v) is 27.6. The van der Waals surface area contributed by atoms with Crippen molar-refractivity contribution in [2.45, 2.75) is 45.2 Å². The Labute approximate surface area is 283 Å². The van der Waals surface area contributed by atoms with Gasteiger partial charge in [0.25, 0.3) is 0 Å². The molecule has 0 spiro atoms. The van der Waals surface area contributed by atoms with Gasteiger partial charge in [-0.05, 0) is 90.7 Å². The van der Waals surface area contributed by atoms with Crippen molar-refractivity contribution in [3.8, 4) is 28.5 Å². The number of aryl methyl sites for hydroxylation is 1. The Bertz CT molecular complexity index is 1820. The Hall–Kier alpha value is -4.79. The van der Waals surface area contributed by atoms with Crippen molar-refractivity contribution < 1.29 is 24.2 Å². The standard InChI is InChI=1S/C37H35Cl2N3O5/c1-3-4-19-42-23-34(31-18-11-27(38)22-32(31)39)41-36(42)33(40-35(43)21-25-5-12-28(46-2)13-6-25)20-24-7-14-29(15-8-24)47-30-16-9-26(10-17-30)37(44)45/h5-18,22-23,33H,3-4,19-21H2,1-2H3,(H,40,43)(H,44,45). The number of unbranched alkanes of at least 4 members (excludes halogenated alkanes) is 1. The molecule has 0 saturated heterocycles. The first kappa shape index (κ1) is 33.6. The first-order chi connectivity index (χ1) is 22.7. The highest BCUT2D eigenvalue weighted by molar-refractivity contribution is 6.36. The number of rotatable bonds is 14. The lowest BCUT2D eigenvalue weighted by Gasteiger charge is -2.20. The summed E-state index contributed by atoms with van der Waals surface area (Å²) < 4.78 is 13.3. The molecule has 0 aliphatic heterocycles. The Kier molecular flexibility index (Phi) is 11.2. The van der Waals surface area contributed by atoms with Gasteiger partial charge in [0, 0.05) is 23.3 Å². The number of imidazole rings is 1. The summed E-state index contributed by atoms with van der Waals surface area (Å²) in [5, 5.41) is 13.4. The third kappa shape index (κ3) is 8.93. The molecule has 1 heterocycles. The van der Waals surface area contributed by atoms with Crippen molar-refractivity contribution >= 4 is 35.1 Å². The van der Waals surface area contributed by atoms with Crippen molar-refractivity contribution in [1.82, 2.24) is 14.9 Å². The molecule has 1 amide bonds. The van der Waals surface area contributed by atoms with Crippen molar-refractivity contribution in [2.24, 2.45) is 0 Å². The predicted molar refractivity (Wildman–Crippen MR) is 184 cm³/mol. The van der Waals surface area contributed by atoms with Gasteiger partial charge in [-0.1, -0.05) is 60.8 Å². The second kappa shape index (κ2) is 15.7. The number of aromatic nitrogens is 2. The van der Waals surface area contributed by atoms with E-state index in [2.05, 4.69) is 16.8 Å². The molecule has 2 N–H and O–H groups in total. The van der Waals surface area contributed by atoms with E-state index in [1.54, 1.807) is 31.4 Å². The summed E-state index contributed by atoms with van der Waals surface area (Å²) in [5.74, 6) is 1.44. The van der Waals surface area contributed by atoms with Gasteiger partial charge < -0.3 is 24.5 Å². The van der Waals surface area contributed by atoms with Crippen LogP contribution in [0, 0.1) is 0 Å². The van der Waals surface area contributed by atoms with E-state index in [1.807, 2.05) is 60.8 Å². The molecule has 8 nitrogen and oxygen atoms in total. The van der Waals surface area contributed by atoms with Crippen molar-refractivity contribution in [2.75, 3.05) is 7.11 Å². The second-order valence-electron chi connectivity index (χ2n) is 11.1. The second-order valence-corrected chi connectivity index (χ2v) is 11.9. The number of carboxylic acid groups (broad SMARTS) is 1. The summed E-state index contributed by atoms with van der Waals surface area (Å²) >= 11 is 12.7. The summed E-state index contributed by atoms with van der Waals surface area (Å²) in [6, 6.07) is 26.1. The van der Waals surface area contributed by atoms with E-state index < -0.39 is 12.0 Å². The van der Waals surface area contributed by atoms with Crippen LogP contribution in [0.3, 0.4) is 0 Å². The number of hydrogen-bond donors (Lipinski definition) is 2. The van der Waals surface area contributed by atoms with Crippen LogP contribution < -0.4 is 14.8 Å². The smallest absolute Gasteiger partial charge is 0.335 e. The first-order valence-electron chi connectivity index (χ1n) is 15.3. The number of carbonyl (C=O) groups excluding carboxylic acids is 1. The number of methoxy groups -OCH3 is 1. The quantitative estimate of drug-likeness (QED) is 0.122. The van der Waals surface area contributed by atoms with Gasteiger partial charge in [0.2, 0.25) is 5.91 Å². The highest BCUT2D eigenvalue weighted by Gasteiger charge is 2.23. The lowest BCUT2D eigenvalue weighted by molar-refractivity contribution is -0.121. The maximum absolute atomic E-state index is 13.5. The van der Waals surface area contributed by atoms with Crippen LogP contribution >= 0.6 is 23.2 Å². The van der Waals surface area contributed by atoms with Crippen LogP contribution in [0.15, 0.2) is 97.2 Å². The molecule has 4 aromatic carbocycles. The fraction of sp³-hybridized carbons (Fsp3) is 0.216. The Balaban J connectivity index is 1.43. The monoisotopic (exact) mass is 671 g/mol. The molecule has 5 rings (SSSR count). The molecule has 0 aliphatic carbocycles. The highest BCUT2D eigenvalue weighted by atomic mass is 35.5. The lowest BCUT2D eigenvalue weighted by Crippen LogP contribution is -2.33. The number of hydrogen-bond acceptors (Lipinski definition) is 5. The zero-order valence-electron chi connectivity index (χ0n) is 26.1. The molecule has 1 atom stereocenters. The number of nitrogens with zero attached hydrogens (tertiary/aromatic N) is 2. The van der Waals surface area contributed by atoms with Gasteiger partial charge in [-0.15, -0.1) is 0 Å². The molecule has 0 fully saturated rings. The van der Waals surface area contributed by atoms with Crippen molar-refractivity contribution in [1.29, 1.82) is 0 Å². The van der Waals surface area contributed by atoms with E-state index in [9.17, 15) is 9.59 Å². The fourth-order valence-corrected chi connectivity index (χ4v) is 5.66. The topological polar surface area (TPSA) is 103 Å². The Morgan fingerprint density at radius 2 is 1.53 bits per heavy atom. The van der Waals surface area contributed by atoms with Gasteiger partial charge in [0.15, 0.2) is 0 Å². The molecule has 0 bridgehead atoms. The Morgan fingerprint density at radius 1 is 0.894 bits per heavy atom. The molecule has 0 radical (unpaired) electrons. The zero-order chi connectivity index (χ0) is 33.3. The summed E-state index contributed by atoms with van der Waals surface area (Å²) in [4.78, 5) is 29.7. The van der Waals surface area contributed by atoms with Crippen LogP contribution in [-0.2, 0) is 24.2 Å². The van der Waals surface area contributed by atoms with Gasteiger partial charge >= 0.3 is 5.97 Å². The minimum atomic E-state index is -0.995.